The number of likely N-dealkylation sites (tertiary alicyclic amines) is 1. The van der Waals surface area contributed by atoms with Gasteiger partial charge in [0.05, 0.1) is 12.1 Å². The first-order chi connectivity index (χ1) is 13.0. The van der Waals surface area contributed by atoms with Crippen LogP contribution in [0.25, 0.3) is 0 Å². The highest BCUT2D eigenvalue weighted by Crippen LogP contribution is 2.30. The van der Waals surface area contributed by atoms with Gasteiger partial charge in [-0.25, -0.2) is 4.79 Å². The maximum Gasteiger partial charge on any atom is 0.410 e. The zero-order valence-electron chi connectivity index (χ0n) is 15.7. The SMILES string of the molecule is Cc1cc(C(=O)N2CCC(N3CC(c4ccccc4)OC3=O)CC2)c(C)o1. The number of hydrogen-bond acceptors (Lipinski definition) is 4. The van der Waals surface area contributed by atoms with Crippen LogP contribution in [0.4, 0.5) is 4.79 Å². The Kier molecular flexibility index (Phi) is 4.64. The average Bonchev–Trinajstić information content (AvgIpc) is 3.24. The van der Waals surface area contributed by atoms with Gasteiger partial charge in [0.2, 0.25) is 0 Å². The lowest BCUT2D eigenvalue weighted by Crippen LogP contribution is -2.47. The molecule has 4 rings (SSSR count). The molecule has 1 aromatic carbocycles. The molecule has 0 N–H and O–H groups in total. The fourth-order valence-corrected chi connectivity index (χ4v) is 4.01. The molecule has 2 aromatic rings. The van der Waals surface area contributed by atoms with Gasteiger partial charge in [0.25, 0.3) is 5.91 Å². The van der Waals surface area contributed by atoms with Crippen molar-refractivity contribution in [2.24, 2.45) is 0 Å². The number of carbonyl (C=O) groups excluding carboxylic acids is 2. The van der Waals surface area contributed by atoms with Crippen LogP contribution in [0.2, 0.25) is 0 Å². The highest BCUT2D eigenvalue weighted by molar-refractivity contribution is 5.95. The van der Waals surface area contributed by atoms with E-state index in [4.69, 9.17) is 9.15 Å². The van der Waals surface area contributed by atoms with Crippen LogP contribution in [0.1, 0.15) is 46.4 Å². The van der Waals surface area contributed by atoms with Crippen molar-refractivity contribution < 1.29 is 18.7 Å². The van der Waals surface area contributed by atoms with Gasteiger partial charge in [0.1, 0.15) is 17.6 Å². The lowest BCUT2D eigenvalue weighted by molar-refractivity contribution is 0.0657. The van der Waals surface area contributed by atoms with Crippen LogP contribution in [0.5, 0.6) is 0 Å². The van der Waals surface area contributed by atoms with E-state index in [1.165, 1.54) is 0 Å². The van der Waals surface area contributed by atoms with Gasteiger partial charge in [0, 0.05) is 19.1 Å². The van der Waals surface area contributed by atoms with E-state index in [1.54, 1.807) is 6.07 Å². The highest BCUT2D eigenvalue weighted by atomic mass is 16.6. The van der Waals surface area contributed by atoms with E-state index in [9.17, 15) is 9.59 Å². The molecule has 2 amide bonds. The van der Waals surface area contributed by atoms with Gasteiger partial charge in [-0.1, -0.05) is 30.3 Å². The first-order valence-electron chi connectivity index (χ1n) is 9.41. The van der Waals surface area contributed by atoms with Crippen LogP contribution >= 0.6 is 0 Å². The molecule has 27 heavy (non-hydrogen) atoms. The van der Waals surface area contributed by atoms with Crippen molar-refractivity contribution in [3.05, 3.63) is 59.0 Å². The summed E-state index contributed by atoms with van der Waals surface area (Å²) in [6.45, 7) is 5.50. The number of nitrogens with zero attached hydrogens (tertiary/aromatic N) is 2. The standard InChI is InChI=1S/C21H24N2O4/c1-14-12-18(15(2)26-14)20(24)22-10-8-17(9-11-22)23-13-19(27-21(23)25)16-6-4-3-5-7-16/h3-7,12,17,19H,8-11,13H2,1-2H3. The third kappa shape index (κ3) is 3.44. The molecule has 6 heteroatoms. The maximum atomic E-state index is 12.7. The van der Waals surface area contributed by atoms with Gasteiger partial charge < -0.3 is 19.0 Å². The Bertz CT molecular complexity index is 837. The molecule has 1 unspecified atom stereocenters. The number of benzene rings is 1. The topological polar surface area (TPSA) is 63.0 Å². The minimum Gasteiger partial charge on any atom is -0.466 e. The average molecular weight is 368 g/mol. The van der Waals surface area contributed by atoms with Gasteiger partial charge in [-0.2, -0.15) is 0 Å². The molecule has 6 nitrogen and oxygen atoms in total. The second kappa shape index (κ2) is 7.10. The lowest BCUT2D eigenvalue weighted by atomic mass is 10.0. The van der Waals surface area contributed by atoms with Gasteiger partial charge in [-0.15, -0.1) is 0 Å². The van der Waals surface area contributed by atoms with Gasteiger partial charge >= 0.3 is 6.09 Å². The van der Waals surface area contributed by atoms with E-state index in [0.717, 1.165) is 24.2 Å². The molecule has 0 bridgehead atoms. The number of furan rings is 1. The summed E-state index contributed by atoms with van der Waals surface area (Å²) < 4.78 is 11.0. The Morgan fingerprint density at radius 1 is 1.11 bits per heavy atom. The highest BCUT2D eigenvalue weighted by Gasteiger charge is 2.38. The minimum atomic E-state index is -0.255. The Hall–Kier alpha value is -2.76. The second-order valence-electron chi connectivity index (χ2n) is 7.29. The van der Waals surface area contributed by atoms with Gasteiger partial charge in [-0.05, 0) is 38.3 Å². The number of hydrogen-bond donors (Lipinski definition) is 0. The summed E-state index contributed by atoms with van der Waals surface area (Å²) in [7, 11) is 0. The quantitative estimate of drug-likeness (QED) is 0.829. The third-order valence-corrected chi connectivity index (χ3v) is 5.48. The number of carbonyl (C=O) groups is 2. The molecule has 0 aliphatic carbocycles. The maximum absolute atomic E-state index is 12.7. The Morgan fingerprint density at radius 3 is 2.44 bits per heavy atom. The van der Waals surface area contributed by atoms with E-state index in [0.29, 0.717) is 31.0 Å². The number of ether oxygens (including phenoxy) is 1. The third-order valence-electron chi connectivity index (χ3n) is 5.48. The van der Waals surface area contributed by atoms with Crippen LogP contribution in [0, 0.1) is 13.8 Å². The molecule has 0 saturated carbocycles. The molecular weight excluding hydrogens is 344 g/mol. The van der Waals surface area contributed by atoms with Gasteiger partial charge in [0.15, 0.2) is 0 Å². The van der Waals surface area contributed by atoms with Crippen molar-refractivity contribution in [1.82, 2.24) is 9.80 Å². The van der Waals surface area contributed by atoms with Crippen LogP contribution in [0.3, 0.4) is 0 Å². The van der Waals surface area contributed by atoms with Crippen molar-refractivity contribution in [3.8, 4) is 0 Å². The van der Waals surface area contributed by atoms with E-state index in [-0.39, 0.29) is 24.1 Å². The molecule has 2 saturated heterocycles. The summed E-state index contributed by atoms with van der Waals surface area (Å²) >= 11 is 0. The molecule has 142 valence electrons. The van der Waals surface area contributed by atoms with Crippen LogP contribution in [-0.4, -0.2) is 47.5 Å². The Balaban J connectivity index is 1.37. The summed E-state index contributed by atoms with van der Waals surface area (Å²) in [6.07, 6.45) is 1.06. The summed E-state index contributed by atoms with van der Waals surface area (Å²) in [5.74, 6) is 1.42. The summed E-state index contributed by atoms with van der Waals surface area (Å²) in [5.41, 5.74) is 1.66. The number of amides is 2. The van der Waals surface area contributed by atoms with E-state index in [2.05, 4.69) is 0 Å². The molecule has 2 fully saturated rings. The van der Waals surface area contributed by atoms with Crippen molar-refractivity contribution in [1.29, 1.82) is 0 Å². The summed E-state index contributed by atoms with van der Waals surface area (Å²) in [4.78, 5) is 28.8. The van der Waals surface area contributed by atoms with Crippen molar-refractivity contribution >= 4 is 12.0 Å². The lowest BCUT2D eigenvalue weighted by Gasteiger charge is -2.35. The second-order valence-corrected chi connectivity index (χ2v) is 7.29. The fraction of sp³-hybridized carbons (Fsp3) is 0.429. The van der Waals surface area contributed by atoms with Crippen molar-refractivity contribution in [2.45, 2.75) is 38.8 Å². The number of piperidine rings is 1. The molecule has 0 radical (unpaired) electrons. The van der Waals surface area contributed by atoms with Crippen molar-refractivity contribution in [3.63, 3.8) is 0 Å². The van der Waals surface area contributed by atoms with E-state index in [1.807, 2.05) is 54.0 Å². The molecular formula is C21H24N2O4. The monoisotopic (exact) mass is 368 g/mol. The predicted molar refractivity (Wildman–Crippen MR) is 99.5 cm³/mol. The molecule has 0 spiro atoms. The number of cyclic esters (lactones) is 1. The minimum absolute atomic E-state index is 0.00830. The smallest absolute Gasteiger partial charge is 0.410 e. The first-order valence-corrected chi connectivity index (χ1v) is 9.41. The summed E-state index contributed by atoms with van der Waals surface area (Å²) in [5, 5.41) is 0. The van der Waals surface area contributed by atoms with Gasteiger partial charge in [-0.3, -0.25) is 4.79 Å². The first kappa shape index (κ1) is 17.6. The van der Waals surface area contributed by atoms with E-state index < -0.39 is 0 Å². The van der Waals surface area contributed by atoms with Crippen LogP contribution < -0.4 is 0 Å². The zero-order chi connectivity index (χ0) is 19.0. The molecule has 2 aliphatic heterocycles. The predicted octanol–water partition coefficient (Wildman–Crippen LogP) is 3.69. The van der Waals surface area contributed by atoms with Crippen molar-refractivity contribution in [2.75, 3.05) is 19.6 Å². The number of rotatable bonds is 3. The molecule has 1 aromatic heterocycles. The fourth-order valence-electron chi connectivity index (χ4n) is 4.01. The molecule has 1 atom stereocenters. The summed E-state index contributed by atoms with van der Waals surface area (Å²) in [6, 6.07) is 11.7. The van der Waals surface area contributed by atoms with Crippen LogP contribution in [-0.2, 0) is 4.74 Å². The largest absolute Gasteiger partial charge is 0.466 e. The number of aryl methyl sites for hydroxylation is 2. The Morgan fingerprint density at radius 2 is 1.81 bits per heavy atom. The van der Waals surface area contributed by atoms with Crippen LogP contribution in [0.15, 0.2) is 40.8 Å². The zero-order valence-corrected chi connectivity index (χ0v) is 15.7. The normalized spacial score (nSPS) is 20.8. The van der Waals surface area contributed by atoms with E-state index >= 15 is 0 Å². The molecule has 2 aliphatic rings. The Labute approximate surface area is 158 Å². The molecule has 3 heterocycles.